The smallest absolute Gasteiger partial charge is 0.254 e. The second kappa shape index (κ2) is 8.61. The summed E-state index contributed by atoms with van der Waals surface area (Å²) in [5, 5.41) is 23.4. The Kier molecular flexibility index (Phi) is 6.92. The summed E-state index contributed by atoms with van der Waals surface area (Å²) in [5.41, 5.74) is 4.21. The quantitative estimate of drug-likeness (QED) is 0.438. The van der Waals surface area contributed by atoms with E-state index in [1.54, 1.807) is 4.90 Å². The third-order valence-corrected chi connectivity index (χ3v) is 5.57. The van der Waals surface area contributed by atoms with E-state index in [-0.39, 0.29) is 23.5 Å². The average molecular weight is 382 g/mol. The maximum Gasteiger partial charge on any atom is 0.254 e. The number of hydrogen-bond donors (Lipinski definition) is 4. The molecule has 154 valence electrons. The maximum atomic E-state index is 12.8. The zero-order valence-electron chi connectivity index (χ0n) is 16.8. The Balaban J connectivity index is 1.95. The Morgan fingerprint density at radius 1 is 1.22 bits per heavy atom. The Bertz CT molecular complexity index is 576. The Hall–Kier alpha value is -1.60. The van der Waals surface area contributed by atoms with Crippen molar-refractivity contribution in [2.24, 2.45) is 17.1 Å². The number of likely N-dealkylation sites (tertiary alicyclic amines) is 1. The van der Waals surface area contributed by atoms with Crippen LogP contribution in [0.1, 0.15) is 65.7 Å². The third-order valence-electron chi connectivity index (χ3n) is 5.57. The molecule has 7 heteroatoms. The van der Waals surface area contributed by atoms with E-state index >= 15 is 0 Å². The van der Waals surface area contributed by atoms with E-state index in [9.17, 15) is 19.8 Å². The Labute approximate surface area is 162 Å². The van der Waals surface area contributed by atoms with Gasteiger partial charge < -0.3 is 26.2 Å². The van der Waals surface area contributed by atoms with Gasteiger partial charge in [0.1, 0.15) is 5.60 Å². The van der Waals surface area contributed by atoms with Crippen LogP contribution in [0.2, 0.25) is 0 Å². The van der Waals surface area contributed by atoms with Gasteiger partial charge in [0.25, 0.3) is 5.91 Å². The second-order valence-corrected chi connectivity index (χ2v) is 9.02. The number of aliphatic hydroxyl groups is 2. The van der Waals surface area contributed by atoms with Gasteiger partial charge >= 0.3 is 0 Å². The highest BCUT2D eigenvalue weighted by Crippen LogP contribution is 2.31. The Morgan fingerprint density at radius 2 is 1.85 bits per heavy atom. The number of aliphatic hydroxyl groups excluding tert-OH is 1. The van der Waals surface area contributed by atoms with E-state index in [1.807, 2.05) is 20.8 Å². The zero-order chi connectivity index (χ0) is 20.2. The van der Waals surface area contributed by atoms with Crippen molar-refractivity contribution in [3.8, 4) is 0 Å². The summed E-state index contributed by atoms with van der Waals surface area (Å²) in [5.74, 6) is -0.704. The molecule has 0 bridgehead atoms. The second-order valence-electron chi connectivity index (χ2n) is 9.02. The summed E-state index contributed by atoms with van der Waals surface area (Å²) in [7, 11) is 0. The number of nitrogens with one attached hydrogen (secondary N) is 1. The van der Waals surface area contributed by atoms with Crippen LogP contribution in [0.4, 0.5) is 0 Å². The molecular weight excluding hydrogens is 346 g/mol. The first kappa shape index (κ1) is 21.7. The number of piperidine rings is 1. The van der Waals surface area contributed by atoms with E-state index in [0.29, 0.717) is 32.4 Å². The van der Waals surface area contributed by atoms with Gasteiger partial charge in [-0.15, -0.1) is 0 Å². The topological polar surface area (TPSA) is 116 Å². The fourth-order valence-corrected chi connectivity index (χ4v) is 3.76. The first-order valence-electron chi connectivity index (χ1n) is 10.0. The predicted molar refractivity (Wildman–Crippen MR) is 104 cm³/mol. The number of hydrogen-bond acceptors (Lipinski definition) is 5. The van der Waals surface area contributed by atoms with E-state index in [0.717, 1.165) is 25.7 Å². The van der Waals surface area contributed by atoms with Gasteiger partial charge in [-0.05, 0) is 31.8 Å². The van der Waals surface area contributed by atoms with Gasteiger partial charge in [0.2, 0.25) is 5.91 Å². The van der Waals surface area contributed by atoms with Crippen LogP contribution in [-0.2, 0) is 9.59 Å². The minimum Gasteiger partial charge on any atom is -0.512 e. The summed E-state index contributed by atoms with van der Waals surface area (Å²) < 4.78 is 0. The number of amides is 2. The lowest BCUT2D eigenvalue weighted by Crippen LogP contribution is -2.55. The number of carbonyl (C=O) groups excluding carboxylic acids is 2. The molecule has 0 radical (unpaired) electrons. The maximum absolute atomic E-state index is 12.8. The fraction of sp³-hybridized carbons (Fsp3) is 0.800. The molecule has 2 fully saturated rings. The molecule has 1 aliphatic carbocycles. The molecule has 7 nitrogen and oxygen atoms in total. The Morgan fingerprint density at radius 3 is 2.44 bits per heavy atom. The molecular formula is C20H35N3O4. The van der Waals surface area contributed by atoms with Crippen LogP contribution in [0.15, 0.2) is 11.8 Å². The molecule has 2 atom stereocenters. The molecule has 27 heavy (non-hydrogen) atoms. The van der Waals surface area contributed by atoms with E-state index in [4.69, 9.17) is 5.73 Å². The predicted octanol–water partition coefficient (Wildman–Crippen LogP) is 1.81. The van der Waals surface area contributed by atoms with Crippen LogP contribution in [0, 0.1) is 11.3 Å². The molecule has 2 unspecified atom stereocenters. The third kappa shape index (κ3) is 5.69. The molecule has 1 saturated heterocycles. The highest BCUT2D eigenvalue weighted by atomic mass is 16.3. The minimum absolute atomic E-state index is 0.121. The van der Waals surface area contributed by atoms with Crippen LogP contribution in [0.25, 0.3) is 0 Å². The lowest BCUT2D eigenvalue weighted by atomic mass is 9.83. The van der Waals surface area contributed by atoms with Crippen molar-refractivity contribution in [3.05, 3.63) is 11.8 Å². The largest absolute Gasteiger partial charge is 0.512 e. The summed E-state index contributed by atoms with van der Waals surface area (Å²) in [6, 6.07) is 0. The van der Waals surface area contributed by atoms with Crippen molar-refractivity contribution in [1.29, 1.82) is 0 Å². The molecule has 0 spiro atoms. The minimum atomic E-state index is -1.27. The van der Waals surface area contributed by atoms with E-state index < -0.39 is 17.2 Å². The zero-order valence-corrected chi connectivity index (χ0v) is 16.8. The average Bonchev–Trinajstić information content (AvgIpc) is 2.60. The van der Waals surface area contributed by atoms with Crippen LogP contribution < -0.4 is 11.1 Å². The van der Waals surface area contributed by atoms with E-state index in [1.165, 1.54) is 6.08 Å². The molecule has 0 aromatic rings. The van der Waals surface area contributed by atoms with Crippen LogP contribution in [0.3, 0.4) is 0 Å². The van der Waals surface area contributed by atoms with Crippen molar-refractivity contribution in [3.63, 3.8) is 0 Å². The molecule has 1 aliphatic heterocycles. The molecule has 2 rings (SSSR count). The van der Waals surface area contributed by atoms with E-state index in [2.05, 4.69) is 5.32 Å². The summed E-state index contributed by atoms with van der Waals surface area (Å²) in [4.78, 5) is 27.0. The summed E-state index contributed by atoms with van der Waals surface area (Å²) >= 11 is 0. The first-order valence-corrected chi connectivity index (χ1v) is 10.0. The number of carbonyl (C=O) groups is 2. The monoisotopic (exact) mass is 381 g/mol. The number of nitrogens with two attached hydrogens (primary N) is 1. The number of rotatable bonds is 4. The van der Waals surface area contributed by atoms with Gasteiger partial charge in [-0.2, -0.15) is 0 Å². The van der Waals surface area contributed by atoms with Crippen molar-refractivity contribution in [2.75, 3.05) is 13.1 Å². The van der Waals surface area contributed by atoms with Crippen molar-refractivity contribution >= 4 is 11.8 Å². The van der Waals surface area contributed by atoms with Crippen molar-refractivity contribution < 1.29 is 19.8 Å². The molecule has 2 amide bonds. The summed E-state index contributed by atoms with van der Waals surface area (Å²) in [6.07, 6.45) is 5.82. The van der Waals surface area contributed by atoms with Crippen LogP contribution in [0.5, 0.6) is 0 Å². The van der Waals surface area contributed by atoms with Gasteiger partial charge in [-0.3, -0.25) is 9.59 Å². The SMILES string of the molecule is CC(C)(C)/C(O)=C/C(N)NC(=O)C1CCCN(C(=O)C2(O)CCCCC2)C1. The van der Waals surface area contributed by atoms with Gasteiger partial charge in [0, 0.05) is 18.5 Å². The molecule has 0 aromatic carbocycles. The van der Waals surface area contributed by atoms with Gasteiger partial charge in [-0.1, -0.05) is 40.0 Å². The van der Waals surface area contributed by atoms with Gasteiger partial charge in [-0.25, -0.2) is 0 Å². The first-order chi connectivity index (χ1) is 12.5. The highest BCUT2D eigenvalue weighted by molar-refractivity contribution is 5.86. The normalized spacial score (nSPS) is 25.0. The van der Waals surface area contributed by atoms with Gasteiger partial charge in [0.05, 0.1) is 17.8 Å². The van der Waals surface area contributed by atoms with Crippen LogP contribution >= 0.6 is 0 Å². The fourth-order valence-electron chi connectivity index (χ4n) is 3.76. The summed E-state index contributed by atoms with van der Waals surface area (Å²) in [6.45, 7) is 6.44. The lowest BCUT2D eigenvalue weighted by molar-refractivity contribution is -0.157. The lowest BCUT2D eigenvalue weighted by Gasteiger charge is -2.39. The van der Waals surface area contributed by atoms with Gasteiger partial charge in [0.15, 0.2) is 0 Å². The molecule has 0 aromatic heterocycles. The van der Waals surface area contributed by atoms with Crippen molar-refractivity contribution in [2.45, 2.75) is 77.5 Å². The molecule has 1 saturated carbocycles. The molecule has 5 N–H and O–H groups in total. The standard InChI is InChI=1S/C20H35N3O4/c1-19(2,3)15(24)12-16(21)22-17(25)14-8-7-11-23(13-14)18(26)20(27)9-5-4-6-10-20/h12,14,16,24,27H,4-11,13,21H2,1-3H3,(H,22,25)/b15-12-. The molecule has 2 aliphatic rings. The van der Waals surface area contributed by atoms with Crippen molar-refractivity contribution in [1.82, 2.24) is 10.2 Å². The number of allylic oxidation sites excluding steroid dienone is 1. The molecule has 1 heterocycles. The highest BCUT2D eigenvalue weighted by Gasteiger charge is 2.42. The van der Waals surface area contributed by atoms with Crippen LogP contribution in [-0.4, -0.2) is 51.8 Å². The number of nitrogens with zero attached hydrogens (tertiary/aromatic N) is 1.